The Morgan fingerprint density at radius 2 is 2.00 bits per heavy atom. The first-order chi connectivity index (χ1) is 8.79. The highest BCUT2D eigenvalue weighted by atomic mass is 16.5. The van der Waals surface area contributed by atoms with Crippen LogP contribution in [-0.2, 0) is 9.53 Å². The number of esters is 1. The van der Waals surface area contributed by atoms with Crippen LogP contribution >= 0.6 is 0 Å². The number of carboxylic acid groups (broad SMARTS) is 1. The van der Waals surface area contributed by atoms with Gasteiger partial charge in [0.15, 0.2) is 0 Å². The minimum absolute atomic E-state index is 0.0875. The van der Waals surface area contributed by atoms with Crippen molar-refractivity contribution >= 4 is 17.6 Å². The predicted octanol–water partition coefficient (Wildman–Crippen LogP) is 1.55. The SMILES string of the molecule is COC(=O)c1c(N)cccc1OCC(C)(C)C(=O)O. The van der Waals surface area contributed by atoms with E-state index >= 15 is 0 Å². The smallest absolute Gasteiger partial charge is 0.343 e. The Morgan fingerprint density at radius 1 is 1.37 bits per heavy atom. The van der Waals surface area contributed by atoms with Gasteiger partial charge in [0.05, 0.1) is 12.5 Å². The number of methoxy groups -OCH3 is 1. The number of nitrogens with two attached hydrogens (primary N) is 1. The number of benzene rings is 1. The van der Waals surface area contributed by atoms with Crippen LogP contribution in [0.1, 0.15) is 24.2 Å². The Kier molecular flexibility index (Phi) is 4.37. The van der Waals surface area contributed by atoms with Crippen LogP contribution in [0.5, 0.6) is 5.75 Å². The lowest BCUT2D eigenvalue weighted by molar-refractivity contribution is -0.148. The van der Waals surface area contributed by atoms with Crippen molar-refractivity contribution in [1.82, 2.24) is 0 Å². The van der Waals surface area contributed by atoms with E-state index in [9.17, 15) is 9.59 Å². The summed E-state index contributed by atoms with van der Waals surface area (Å²) in [4.78, 5) is 22.6. The van der Waals surface area contributed by atoms with Gasteiger partial charge >= 0.3 is 11.9 Å². The van der Waals surface area contributed by atoms with Crippen LogP contribution in [0, 0.1) is 5.41 Å². The summed E-state index contributed by atoms with van der Waals surface area (Å²) < 4.78 is 10.0. The van der Waals surface area contributed by atoms with Crippen molar-refractivity contribution in [3.63, 3.8) is 0 Å². The van der Waals surface area contributed by atoms with Crippen molar-refractivity contribution in [3.05, 3.63) is 23.8 Å². The molecule has 1 aromatic carbocycles. The third-order valence-corrected chi connectivity index (χ3v) is 2.62. The van der Waals surface area contributed by atoms with Gasteiger partial charge in [-0.2, -0.15) is 0 Å². The molecule has 0 saturated carbocycles. The first-order valence-corrected chi connectivity index (χ1v) is 5.62. The summed E-state index contributed by atoms with van der Waals surface area (Å²) in [5.41, 5.74) is 4.95. The standard InChI is InChI=1S/C13H17NO5/c1-13(2,12(16)17)7-19-9-6-4-5-8(14)10(9)11(15)18-3/h4-6H,7,14H2,1-3H3,(H,16,17). The third-order valence-electron chi connectivity index (χ3n) is 2.62. The molecule has 6 heteroatoms. The molecule has 0 heterocycles. The van der Waals surface area contributed by atoms with Crippen LogP contribution in [0.4, 0.5) is 5.69 Å². The highest BCUT2D eigenvalue weighted by Gasteiger charge is 2.29. The molecule has 0 aromatic heterocycles. The van der Waals surface area contributed by atoms with E-state index in [-0.39, 0.29) is 23.6 Å². The van der Waals surface area contributed by atoms with Crippen molar-refractivity contribution in [2.24, 2.45) is 5.41 Å². The molecule has 0 aliphatic carbocycles. The van der Waals surface area contributed by atoms with Crippen molar-refractivity contribution in [2.45, 2.75) is 13.8 Å². The van der Waals surface area contributed by atoms with Crippen molar-refractivity contribution in [2.75, 3.05) is 19.5 Å². The summed E-state index contributed by atoms with van der Waals surface area (Å²) in [5, 5.41) is 9.00. The average Bonchev–Trinajstić information content (AvgIpc) is 2.35. The number of carbonyl (C=O) groups excluding carboxylic acids is 1. The van der Waals surface area contributed by atoms with Crippen LogP contribution in [0.3, 0.4) is 0 Å². The molecule has 0 atom stereocenters. The number of rotatable bonds is 5. The van der Waals surface area contributed by atoms with E-state index in [4.69, 9.17) is 15.6 Å². The molecule has 19 heavy (non-hydrogen) atoms. The molecule has 1 rings (SSSR count). The average molecular weight is 267 g/mol. The van der Waals surface area contributed by atoms with Crippen LogP contribution in [0.15, 0.2) is 18.2 Å². The maximum atomic E-state index is 11.6. The summed E-state index contributed by atoms with van der Waals surface area (Å²) in [6.45, 7) is 2.97. The number of nitrogen functional groups attached to an aromatic ring is 1. The lowest BCUT2D eigenvalue weighted by Crippen LogP contribution is -2.31. The number of hydrogen-bond acceptors (Lipinski definition) is 5. The van der Waals surface area contributed by atoms with Crippen molar-refractivity contribution in [3.8, 4) is 5.75 Å². The molecular formula is C13H17NO5. The fourth-order valence-corrected chi connectivity index (χ4v) is 1.31. The van der Waals surface area contributed by atoms with Gasteiger partial charge in [-0.25, -0.2) is 4.79 Å². The molecular weight excluding hydrogens is 250 g/mol. The second kappa shape index (κ2) is 5.60. The normalized spacial score (nSPS) is 10.9. The van der Waals surface area contributed by atoms with E-state index in [2.05, 4.69) is 4.74 Å². The fraction of sp³-hybridized carbons (Fsp3) is 0.385. The molecule has 0 fully saturated rings. The zero-order valence-electron chi connectivity index (χ0n) is 11.1. The number of ether oxygens (including phenoxy) is 2. The molecule has 6 nitrogen and oxygen atoms in total. The van der Waals surface area contributed by atoms with Crippen LogP contribution in [0.25, 0.3) is 0 Å². The number of carboxylic acids is 1. The Hall–Kier alpha value is -2.24. The Labute approximate surface area is 111 Å². The maximum absolute atomic E-state index is 11.6. The summed E-state index contributed by atoms with van der Waals surface area (Å²) in [5.74, 6) is -1.40. The van der Waals surface area contributed by atoms with Crippen molar-refractivity contribution in [1.29, 1.82) is 0 Å². The molecule has 0 aliphatic rings. The van der Waals surface area contributed by atoms with Gasteiger partial charge in [0.2, 0.25) is 0 Å². The third kappa shape index (κ3) is 3.37. The van der Waals surface area contributed by atoms with Crippen LogP contribution in [0.2, 0.25) is 0 Å². The maximum Gasteiger partial charge on any atom is 0.343 e. The molecule has 0 unspecified atom stereocenters. The van der Waals surface area contributed by atoms with Crippen molar-refractivity contribution < 1.29 is 24.2 Å². The molecule has 3 N–H and O–H groups in total. The van der Waals surface area contributed by atoms with Gasteiger partial charge in [0.25, 0.3) is 0 Å². The van der Waals surface area contributed by atoms with E-state index in [0.29, 0.717) is 0 Å². The number of carbonyl (C=O) groups is 2. The largest absolute Gasteiger partial charge is 0.491 e. The van der Waals surface area contributed by atoms with Gasteiger partial charge < -0.3 is 20.3 Å². The molecule has 104 valence electrons. The number of hydrogen-bond donors (Lipinski definition) is 2. The van der Waals surface area contributed by atoms with Crippen LogP contribution < -0.4 is 10.5 Å². The molecule has 1 aromatic rings. The molecule has 0 bridgehead atoms. The van der Waals surface area contributed by atoms with E-state index in [1.165, 1.54) is 21.0 Å². The Bertz CT molecular complexity index is 496. The van der Waals surface area contributed by atoms with Crippen LogP contribution in [-0.4, -0.2) is 30.8 Å². The molecule has 0 amide bonds. The Balaban J connectivity index is 2.99. The zero-order valence-corrected chi connectivity index (χ0v) is 11.1. The topological polar surface area (TPSA) is 98.9 Å². The molecule has 0 aliphatic heterocycles. The monoisotopic (exact) mass is 267 g/mol. The highest BCUT2D eigenvalue weighted by Crippen LogP contribution is 2.27. The number of anilines is 1. The number of aliphatic carboxylic acids is 1. The predicted molar refractivity (Wildman–Crippen MR) is 69.1 cm³/mol. The van der Waals surface area contributed by atoms with E-state index in [1.54, 1.807) is 18.2 Å². The highest BCUT2D eigenvalue weighted by molar-refractivity contribution is 5.98. The second-order valence-electron chi connectivity index (χ2n) is 4.69. The summed E-state index contributed by atoms with van der Waals surface area (Å²) in [7, 11) is 1.24. The van der Waals surface area contributed by atoms with Gasteiger partial charge in [0.1, 0.15) is 17.9 Å². The summed E-state index contributed by atoms with van der Waals surface area (Å²) >= 11 is 0. The minimum Gasteiger partial charge on any atom is -0.491 e. The molecule has 0 spiro atoms. The van der Waals surface area contributed by atoms with Gasteiger partial charge in [-0.1, -0.05) is 6.07 Å². The van der Waals surface area contributed by atoms with Gasteiger partial charge in [-0.05, 0) is 26.0 Å². The second-order valence-corrected chi connectivity index (χ2v) is 4.69. The minimum atomic E-state index is -1.07. The van der Waals surface area contributed by atoms with E-state index in [0.717, 1.165) is 0 Å². The lowest BCUT2D eigenvalue weighted by atomic mass is 9.95. The van der Waals surface area contributed by atoms with Gasteiger partial charge in [-0.3, -0.25) is 4.79 Å². The van der Waals surface area contributed by atoms with Gasteiger partial charge in [0, 0.05) is 5.69 Å². The molecule has 0 saturated heterocycles. The van der Waals surface area contributed by atoms with E-state index in [1.807, 2.05) is 0 Å². The first kappa shape index (κ1) is 14.8. The first-order valence-electron chi connectivity index (χ1n) is 5.62. The summed E-state index contributed by atoms with van der Waals surface area (Å²) in [6, 6.07) is 4.70. The van der Waals surface area contributed by atoms with E-state index < -0.39 is 17.4 Å². The lowest BCUT2D eigenvalue weighted by Gasteiger charge is -2.20. The Morgan fingerprint density at radius 3 is 2.53 bits per heavy atom. The fourth-order valence-electron chi connectivity index (χ4n) is 1.31. The molecule has 0 radical (unpaired) electrons. The van der Waals surface area contributed by atoms with Gasteiger partial charge in [-0.15, -0.1) is 0 Å². The zero-order chi connectivity index (χ0) is 14.6. The summed E-state index contributed by atoms with van der Waals surface area (Å²) in [6.07, 6.45) is 0. The quantitative estimate of drug-likeness (QED) is 0.620.